The molecule has 0 amide bonds. The van der Waals surface area contributed by atoms with Crippen LogP contribution in [0.1, 0.15) is 35.2 Å². The molecular weight excluding hydrogens is 400 g/mol. The fourth-order valence-corrected chi connectivity index (χ4v) is 6.46. The highest BCUT2D eigenvalue weighted by Gasteiger charge is 2.39. The predicted octanol–water partition coefficient (Wildman–Crippen LogP) is 5.36. The molecule has 3 nitrogen and oxygen atoms in total. The zero-order chi connectivity index (χ0) is 21.1. The summed E-state index contributed by atoms with van der Waals surface area (Å²) in [6.07, 6.45) is 5.07. The third-order valence-corrected chi connectivity index (χ3v) is 7.86. The quantitative estimate of drug-likeness (QED) is 0.389. The number of nitrogens with zero attached hydrogens (tertiary/aromatic N) is 2. The highest BCUT2D eigenvalue weighted by Crippen LogP contribution is 2.41. The van der Waals surface area contributed by atoms with Crippen molar-refractivity contribution in [2.45, 2.75) is 36.1 Å². The van der Waals surface area contributed by atoms with Crippen molar-refractivity contribution in [3.8, 4) is 0 Å². The molecule has 1 aliphatic rings. The van der Waals surface area contributed by atoms with Crippen LogP contribution in [0.2, 0.25) is 0 Å². The van der Waals surface area contributed by atoms with Crippen LogP contribution in [0.25, 0.3) is 0 Å². The minimum atomic E-state index is -1.20. The standard InChI is InChI=1S/C27H26N2OS/c30-31(26-20-28-29-19-11-10-18-25(26)29)21-27(22-12-4-1-5-13-22,23-14-6-2-7-15-23)24-16-8-3-9-17-24/h1-9,12-17,20H,10-11,18-19,21H2. The Morgan fingerprint density at radius 3 is 1.81 bits per heavy atom. The Morgan fingerprint density at radius 1 is 0.774 bits per heavy atom. The molecule has 5 rings (SSSR count). The minimum absolute atomic E-state index is 0.476. The minimum Gasteiger partial charge on any atom is -0.268 e. The third kappa shape index (κ3) is 3.66. The van der Waals surface area contributed by atoms with E-state index in [-0.39, 0.29) is 0 Å². The maximum Gasteiger partial charge on any atom is 0.0800 e. The second-order valence-electron chi connectivity index (χ2n) is 8.13. The van der Waals surface area contributed by atoms with Crippen LogP contribution in [0.3, 0.4) is 0 Å². The summed E-state index contributed by atoms with van der Waals surface area (Å²) in [5.41, 5.74) is 4.09. The van der Waals surface area contributed by atoms with Crippen molar-refractivity contribution < 1.29 is 4.21 Å². The molecule has 1 atom stereocenters. The first-order valence-corrected chi connectivity index (χ1v) is 12.2. The zero-order valence-electron chi connectivity index (χ0n) is 17.5. The van der Waals surface area contributed by atoms with Crippen LogP contribution < -0.4 is 0 Å². The summed E-state index contributed by atoms with van der Waals surface area (Å²) in [4.78, 5) is 0.895. The second-order valence-corrected chi connectivity index (χ2v) is 9.55. The van der Waals surface area contributed by atoms with Crippen LogP contribution in [-0.4, -0.2) is 19.7 Å². The van der Waals surface area contributed by atoms with E-state index in [9.17, 15) is 4.21 Å². The predicted molar refractivity (Wildman–Crippen MR) is 126 cm³/mol. The first-order valence-electron chi connectivity index (χ1n) is 10.9. The number of aromatic nitrogens is 2. The molecule has 0 spiro atoms. The third-order valence-electron chi connectivity index (χ3n) is 6.34. The second kappa shape index (κ2) is 8.64. The van der Waals surface area contributed by atoms with Gasteiger partial charge in [0.1, 0.15) is 0 Å². The Hall–Kier alpha value is -2.98. The Kier molecular flexibility index (Phi) is 5.56. The van der Waals surface area contributed by atoms with Gasteiger partial charge in [0.15, 0.2) is 0 Å². The van der Waals surface area contributed by atoms with Crippen molar-refractivity contribution in [3.05, 3.63) is 120 Å². The first-order chi connectivity index (χ1) is 15.3. The molecule has 0 aliphatic carbocycles. The van der Waals surface area contributed by atoms with Gasteiger partial charge >= 0.3 is 0 Å². The fraction of sp³-hybridized carbons (Fsp3) is 0.222. The van der Waals surface area contributed by atoms with Crippen LogP contribution in [-0.2, 0) is 29.2 Å². The molecule has 4 aromatic rings. The molecule has 1 unspecified atom stereocenters. The van der Waals surface area contributed by atoms with Crippen LogP contribution in [0.5, 0.6) is 0 Å². The van der Waals surface area contributed by atoms with Crippen molar-refractivity contribution in [2.75, 3.05) is 5.75 Å². The SMILES string of the molecule is O=S(CC(c1ccccc1)(c1ccccc1)c1ccccc1)c1cnn2c1CCCC2. The summed E-state index contributed by atoms with van der Waals surface area (Å²) in [5.74, 6) is 0.476. The molecule has 0 N–H and O–H groups in total. The molecule has 156 valence electrons. The van der Waals surface area contributed by atoms with E-state index in [2.05, 4.69) is 77.9 Å². The Labute approximate surface area is 186 Å². The average molecular weight is 427 g/mol. The van der Waals surface area contributed by atoms with E-state index in [1.165, 1.54) is 0 Å². The molecule has 0 saturated heterocycles. The molecule has 31 heavy (non-hydrogen) atoms. The van der Waals surface area contributed by atoms with Gasteiger partial charge in [-0.2, -0.15) is 5.10 Å². The summed E-state index contributed by atoms with van der Waals surface area (Å²) >= 11 is 0. The first kappa shape index (κ1) is 20.0. The number of hydrogen-bond acceptors (Lipinski definition) is 2. The molecule has 1 aromatic heterocycles. The maximum absolute atomic E-state index is 14.0. The highest BCUT2D eigenvalue weighted by molar-refractivity contribution is 7.85. The Balaban J connectivity index is 1.69. The summed E-state index contributed by atoms with van der Waals surface area (Å²) in [6, 6.07) is 31.5. The summed E-state index contributed by atoms with van der Waals surface area (Å²) < 4.78 is 16.0. The van der Waals surface area contributed by atoms with E-state index in [0.29, 0.717) is 5.75 Å². The normalized spacial score (nSPS) is 14.7. The van der Waals surface area contributed by atoms with Crippen molar-refractivity contribution in [1.82, 2.24) is 9.78 Å². The van der Waals surface area contributed by atoms with E-state index in [1.54, 1.807) is 0 Å². The molecule has 0 radical (unpaired) electrons. The van der Waals surface area contributed by atoms with Crippen LogP contribution in [0.15, 0.2) is 102 Å². The molecule has 4 heteroatoms. The number of fused-ring (bicyclic) bond motifs is 1. The van der Waals surface area contributed by atoms with Gasteiger partial charge in [0.2, 0.25) is 0 Å². The Bertz CT molecular complexity index is 1070. The monoisotopic (exact) mass is 426 g/mol. The van der Waals surface area contributed by atoms with Gasteiger partial charge in [-0.25, -0.2) is 0 Å². The molecule has 0 saturated carbocycles. The summed E-state index contributed by atoms with van der Waals surface area (Å²) in [6.45, 7) is 0.924. The van der Waals surface area contributed by atoms with Crippen LogP contribution >= 0.6 is 0 Å². The van der Waals surface area contributed by atoms with Crippen LogP contribution in [0.4, 0.5) is 0 Å². The van der Waals surface area contributed by atoms with Gasteiger partial charge in [-0.3, -0.25) is 8.89 Å². The van der Waals surface area contributed by atoms with E-state index in [4.69, 9.17) is 0 Å². The lowest BCUT2D eigenvalue weighted by atomic mass is 9.71. The highest BCUT2D eigenvalue weighted by atomic mass is 32.2. The topological polar surface area (TPSA) is 34.9 Å². The van der Waals surface area contributed by atoms with E-state index < -0.39 is 16.2 Å². The van der Waals surface area contributed by atoms with Crippen molar-refractivity contribution in [2.24, 2.45) is 0 Å². The van der Waals surface area contributed by atoms with Gasteiger partial charge in [0, 0.05) is 12.3 Å². The van der Waals surface area contributed by atoms with Gasteiger partial charge in [0.05, 0.1) is 33.0 Å². The number of hydrogen-bond donors (Lipinski definition) is 0. The lowest BCUT2D eigenvalue weighted by Gasteiger charge is -2.35. The van der Waals surface area contributed by atoms with Crippen molar-refractivity contribution in [1.29, 1.82) is 0 Å². The summed E-state index contributed by atoms with van der Waals surface area (Å²) in [7, 11) is -1.20. The molecule has 3 aromatic carbocycles. The molecule has 0 bridgehead atoms. The van der Waals surface area contributed by atoms with Gasteiger partial charge in [-0.05, 0) is 36.0 Å². The van der Waals surface area contributed by atoms with Gasteiger partial charge < -0.3 is 0 Å². The largest absolute Gasteiger partial charge is 0.268 e. The van der Waals surface area contributed by atoms with E-state index in [1.807, 2.05) is 29.1 Å². The lowest BCUT2D eigenvalue weighted by Crippen LogP contribution is -2.35. The number of aryl methyl sites for hydroxylation is 1. The summed E-state index contributed by atoms with van der Waals surface area (Å²) in [5, 5.41) is 4.55. The van der Waals surface area contributed by atoms with E-state index >= 15 is 0 Å². The molecular formula is C27H26N2OS. The van der Waals surface area contributed by atoms with Crippen LogP contribution in [0, 0.1) is 0 Å². The van der Waals surface area contributed by atoms with Crippen molar-refractivity contribution in [3.63, 3.8) is 0 Å². The molecule has 0 fully saturated rings. The molecule has 1 aliphatic heterocycles. The number of benzene rings is 3. The fourth-order valence-electron chi connectivity index (χ4n) is 4.78. The molecule has 2 heterocycles. The smallest absolute Gasteiger partial charge is 0.0800 e. The maximum atomic E-state index is 14.0. The van der Waals surface area contributed by atoms with E-state index in [0.717, 1.165) is 53.1 Å². The van der Waals surface area contributed by atoms with Crippen molar-refractivity contribution >= 4 is 10.8 Å². The lowest BCUT2D eigenvalue weighted by molar-refractivity contribution is 0.482. The average Bonchev–Trinajstić information content (AvgIpc) is 3.29. The Morgan fingerprint density at radius 2 is 1.29 bits per heavy atom. The zero-order valence-corrected chi connectivity index (χ0v) is 18.3. The van der Waals surface area contributed by atoms with Gasteiger partial charge in [-0.15, -0.1) is 0 Å². The van der Waals surface area contributed by atoms with Gasteiger partial charge in [-0.1, -0.05) is 91.0 Å². The van der Waals surface area contributed by atoms with Gasteiger partial charge in [0.25, 0.3) is 0 Å². The number of rotatable bonds is 6.